The van der Waals surface area contributed by atoms with E-state index in [1.165, 1.54) is 0 Å². The Morgan fingerprint density at radius 3 is 2.70 bits per heavy atom. The van der Waals surface area contributed by atoms with Crippen LogP contribution in [0.4, 0.5) is 0 Å². The normalized spacial score (nSPS) is 28.8. The molecule has 1 aromatic rings. The fourth-order valence-electron chi connectivity index (χ4n) is 3.27. The molecule has 1 aromatic carbocycles. The van der Waals surface area contributed by atoms with E-state index in [9.17, 15) is 14.7 Å². The van der Waals surface area contributed by atoms with Crippen molar-refractivity contribution in [2.45, 2.75) is 19.8 Å². The summed E-state index contributed by atoms with van der Waals surface area (Å²) in [5.41, 5.74) is 1.27. The van der Waals surface area contributed by atoms with E-state index >= 15 is 0 Å². The van der Waals surface area contributed by atoms with Crippen LogP contribution < -0.4 is 0 Å². The van der Waals surface area contributed by atoms with E-state index in [0.717, 1.165) is 24.9 Å². The third-order valence-corrected chi connectivity index (χ3v) is 4.70. The molecule has 20 heavy (non-hydrogen) atoms. The number of rotatable bonds is 4. The lowest BCUT2D eigenvalue weighted by Gasteiger charge is -2.29. The van der Waals surface area contributed by atoms with Gasteiger partial charge in [-0.1, -0.05) is 29.8 Å². The maximum absolute atomic E-state index is 12.2. The minimum absolute atomic E-state index is 0.0737. The molecule has 2 unspecified atom stereocenters. The van der Waals surface area contributed by atoms with Gasteiger partial charge in [-0.15, -0.1) is 0 Å². The molecule has 0 radical (unpaired) electrons. The molecule has 0 spiro atoms. The first-order valence-corrected chi connectivity index (χ1v) is 7.07. The zero-order valence-electron chi connectivity index (χ0n) is 11.6. The van der Waals surface area contributed by atoms with Gasteiger partial charge in [0.05, 0.1) is 12.0 Å². The second-order valence-corrected chi connectivity index (χ2v) is 6.15. The van der Waals surface area contributed by atoms with Gasteiger partial charge >= 0.3 is 5.97 Å². The number of aryl methyl sites for hydroxylation is 1. The summed E-state index contributed by atoms with van der Waals surface area (Å²) in [5.74, 6) is -0.301. The van der Waals surface area contributed by atoms with Gasteiger partial charge in [0.25, 0.3) is 0 Å². The zero-order chi connectivity index (χ0) is 14.3. The van der Waals surface area contributed by atoms with Gasteiger partial charge in [-0.05, 0) is 32.2 Å². The summed E-state index contributed by atoms with van der Waals surface area (Å²) in [6.07, 6.45) is 1.67. The molecule has 1 saturated carbocycles. The Morgan fingerprint density at radius 1 is 1.35 bits per heavy atom. The van der Waals surface area contributed by atoms with Crippen molar-refractivity contribution in [3.05, 3.63) is 35.4 Å². The molecule has 4 heteroatoms. The van der Waals surface area contributed by atoms with Crippen LogP contribution >= 0.6 is 0 Å². The van der Waals surface area contributed by atoms with Crippen LogP contribution in [0.15, 0.2) is 24.3 Å². The third kappa shape index (κ3) is 2.24. The second kappa shape index (κ2) is 4.70. The SMILES string of the molecule is Cc1ccc(C(=O)CN2CCC3CC3(C(=O)O)C2)cc1. The van der Waals surface area contributed by atoms with Gasteiger partial charge < -0.3 is 5.11 Å². The summed E-state index contributed by atoms with van der Waals surface area (Å²) in [5, 5.41) is 9.33. The minimum Gasteiger partial charge on any atom is -0.481 e. The maximum atomic E-state index is 12.2. The highest BCUT2D eigenvalue weighted by atomic mass is 16.4. The lowest BCUT2D eigenvalue weighted by molar-refractivity contribution is -0.145. The zero-order valence-corrected chi connectivity index (χ0v) is 11.6. The summed E-state index contributed by atoms with van der Waals surface area (Å²) < 4.78 is 0. The van der Waals surface area contributed by atoms with Crippen molar-refractivity contribution in [3.8, 4) is 0 Å². The van der Waals surface area contributed by atoms with Gasteiger partial charge in [0, 0.05) is 12.1 Å². The van der Waals surface area contributed by atoms with E-state index in [1.807, 2.05) is 36.1 Å². The molecule has 0 amide bonds. The average molecular weight is 273 g/mol. The largest absolute Gasteiger partial charge is 0.481 e. The molecule has 1 heterocycles. The van der Waals surface area contributed by atoms with Gasteiger partial charge in [0.15, 0.2) is 5.78 Å². The van der Waals surface area contributed by atoms with Crippen molar-refractivity contribution in [1.29, 1.82) is 0 Å². The number of carbonyl (C=O) groups excluding carboxylic acids is 1. The molecule has 4 nitrogen and oxygen atoms in total. The van der Waals surface area contributed by atoms with Crippen LogP contribution in [0.1, 0.15) is 28.8 Å². The Balaban J connectivity index is 1.65. The number of aliphatic carboxylic acids is 1. The van der Waals surface area contributed by atoms with Crippen molar-refractivity contribution < 1.29 is 14.7 Å². The molecule has 106 valence electrons. The highest BCUT2D eigenvalue weighted by Gasteiger charge is 2.62. The molecule has 3 rings (SSSR count). The first kappa shape index (κ1) is 13.3. The molecule has 2 aliphatic rings. The highest BCUT2D eigenvalue weighted by molar-refractivity contribution is 5.97. The van der Waals surface area contributed by atoms with Gasteiger partial charge in [-0.25, -0.2) is 0 Å². The summed E-state index contributed by atoms with van der Waals surface area (Å²) in [4.78, 5) is 25.6. The Hall–Kier alpha value is -1.68. The van der Waals surface area contributed by atoms with E-state index < -0.39 is 11.4 Å². The van der Waals surface area contributed by atoms with Crippen LogP contribution in [0.3, 0.4) is 0 Å². The van der Waals surface area contributed by atoms with Crippen LogP contribution in [0.25, 0.3) is 0 Å². The quantitative estimate of drug-likeness (QED) is 0.852. The lowest BCUT2D eigenvalue weighted by Crippen LogP contribution is -2.42. The summed E-state index contributed by atoms with van der Waals surface area (Å²) in [6.45, 7) is 3.66. The smallest absolute Gasteiger partial charge is 0.311 e. The minimum atomic E-state index is -0.699. The summed E-state index contributed by atoms with van der Waals surface area (Å²) >= 11 is 0. The van der Waals surface area contributed by atoms with Crippen LogP contribution in [-0.2, 0) is 4.79 Å². The van der Waals surface area contributed by atoms with Crippen LogP contribution in [-0.4, -0.2) is 41.4 Å². The van der Waals surface area contributed by atoms with E-state index in [-0.39, 0.29) is 5.78 Å². The van der Waals surface area contributed by atoms with Crippen molar-refractivity contribution in [1.82, 2.24) is 4.90 Å². The summed E-state index contributed by atoms with van der Waals surface area (Å²) in [6, 6.07) is 7.54. The average Bonchev–Trinajstić information content (AvgIpc) is 3.14. The van der Waals surface area contributed by atoms with Crippen LogP contribution in [0.5, 0.6) is 0 Å². The molecule has 1 saturated heterocycles. The predicted octanol–water partition coefficient (Wildman–Crippen LogP) is 1.97. The second-order valence-electron chi connectivity index (χ2n) is 6.15. The van der Waals surface area contributed by atoms with E-state index in [1.54, 1.807) is 0 Å². The van der Waals surface area contributed by atoms with Gasteiger partial charge in [-0.3, -0.25) is 14.5 Å². The van der Waals surface area contributed by atoms with Crippen molar-refractivity contribution in [2.75, 3.05) is 19.6 Å². The monoisotopic (exact) mass is 273 g/mol. The molecule has 0 aromatic heterocycles. The number of nitrogens with zero attached hydrogens (tertiary/aromatic N) is 1. The first-order chi connectivity index (χ1) is 9.51. The number of piperidine rings is 1. The maximum Gasteiger partial charge on any atom is 0.311 e. The summed E-state index contributed by atoms with van der Waals surface area (Å²) in [7, 11) is 0. The molecule has 1 N–H and O–H groups in total. The standard InChI is InChI=1S/C16H19NO3/c1-11-2-4-12(5-3-11)14(18)9-17-7-6-13-8-16(13,10-17)15(19)20/h2-5,13H,6-10H2,1H3,(H,19,20). The number of carbonyl (C=O) groups is 2. The van der Waals surface area contributed by atoms with Crippen LogP contribution in [0, 0.1) is 18.3 Å². The molecular formula is C16H19NO3. The predicted molar refractivity (Wildman–Crippen MR) is 74.7 cm³/mol. The molecule has 2 fully saturated rings. The topological polar surface area (TPSA) is 57.6 Å². The highest BCUT2D eigenvalue weighted by Crippen LogP contribution is 2.57. The number of hydrogen-bond donors (Lipinski definition) is 1. The van der Waals surface area contributed by atoms with E-state index in [0.29, 0.717) is 24.6 Å². The number of ketones is 1. The van der Waals surface area contributed by atoms with Crippen molar-refractivity contribution in [2.24, 2.45) is 11.3 Å². The Bertz CT molecular complexity index is 551. The molecule has 0 bridgehead atoms. The molecule has 1 aliphatic carbocycles. The molecular weight excluding hydrogens is 254 g/mol. The third-order valence-electron chi connectivity index (χ3n) is 4.70. The lowest BCUT2D eigenvalue weighted by atomic mass is 9.97. The molecule has 1 aliphatic heterocycles. The van der Waals surface area contributed by atoms with Gasteiger partial charge in [0.1, 0.15) is 0 Å². The fraction of sp³-hybridized carbons (Fsp3) is 0.500. The van der Waals surface area contributed by atoms with Crippen LogP contribution in [0.2, 0.25) is 0 Å². The number of likely N-dealkylation sites (tertiary alicyclic amines) is 1. The van der Waals surface area contributed by atoms with Crippen molar-refractivity contribution >= 4 is 11.8 Å². The molecule has 2 atom stereocenters. The number of hydrogen-bond acceptors (Lipinski definition) is 3. The van der Waals surface area contributed by atoms with Gasteiger partial charge in [-0.2, -0.15) is 0 Å². The number of carboxylic acid groups (broad SMARTS) is 1. The Labute approximate surface area is 118 Å². The van der Waals surface area contributed by atoms with E-state index in [4.69, 9.17) is 0 Å². The van der Waals surface area contributed by atoms with E-state index in [2.05, 4.69) is 0 Å². The number of benzene rings is 1. The Kier molecular flexibility index (Phi) is 3.13. The first-order valence-electron chi connectivity index (χ1n) is 7.07. The number of fused-ring (bicyclic) bond motifs is 1. The fourth-order valence-corrected chi connectivity index (χ4v) is 3.27. The van der Waals surface area contributed by atoms with Crippen molar-refractivity contribution in [3.63, 3.8) is 0 Å². The Morgan fingerprint density at radius 2 is 2.05 bits per heavy atom. The number of Topliss-reactive ketones (excluding diaryl/α,β-unsaturated/α-hetero) is 1. The number of carboxylic acids is 1. The van der Waals surface area contributed by atoms with Gasteiger partial charge in [0.2, 0.25) is 0 Å².